The van der Waals surface area contributed by atoms with Crippen molar-refractivity contribution < 1.29 is 23.0 Å². The van der Waals surface area contributed by atoms with E-state index in [2.05, 4.69) is 10.1 Å². The van der Waals surface area contributed by atoms with Crippen LogP contribution in [0.15, 0.2) is 72.8 Å². The molecule has 1 N–H and O–H groups in total. The van der Waals surface area contributed by atoms with E-state index >= 15 is 0 Å². The zero-order valence-corrected chi connectivity index (χ0v) is 14.6. The maximum atomic E-state index is 12.3. The van der Waals surface area contributed by atoms with Gasteiger partial charge in [-0.25, -0.2) is 0 Å². The average Bonchev–Trinajstić information content (AvgIpc) is 2.65. The van der Waals surface area contributed by atoms with Gasteiger partial charge in [0.25, 0.3) is 5.91 Å². The number of ether oxygens (including phenoxy) is 2. The highest BCUT2D eigenvalue weighted by molar-refractivity contribution is 6.32. The smallest absolute Gasteiger partial charge is 0.387 e. The lowest BCUT2D eigenvalue weighted by atomic mass is 10.2. The largest absolute Gasteiger partial charge is 0.457 e. The first kappa shape index (κ1) is 18.7. The van der Waals surface area contributed by atoms with E-state index in [1.807, 2.05) is 30.3 Å². The fourth-order valence-corrected chi connectivity index (χ4v) is 2.50. The topological polar surface area (TPSA) is 47.6 Å². The maximum absolute atomic E-state index is 12.3. The van der Waals surface area contributed by atoms with E-state index in [1.54, 1.807) is 24.3 Å². The summed E-state index contributed by atoms with van der Waals surface area (Å²) in [6.07, 6.45) is 0. The third-order valence-electron chi connectivity index (χ3n) is 3.50. The molecule has 27 heavy (non-hydrogen) atoms. The van der Waals surface area contributed by atoms with E-state index in [-0.39, 0.29) is 16.7 Å². The van der Waals surface area contributed by atoms with E-state index in [1.165, 1.54) is 18.2 Å². The van der Waals surface area contributed by atoms with Crippen LogP contribution in [0.3, 0.4) is 0 Å². The van der Waals surface area contributed by atoms with Crippen molar-refractivity contribution in [2.24, 2.45) is 0 Å². The third kappa shape index (κ3) is 5.18. The summed E-state index contributed by atoms with van der Waals surface area (Å²) < 4.78 is 34.4. The molecule has 0 saturated heterocycles. The van der Waals surface area contributed by atoms with Crippen molar-refractivity contribution in [3.63, 3.8) is 0 Å². The van der Waals surface area contributed by atoms with Crippen LogP contribution in [-0.2, 0) is 0 Å². The zero-order chi connectivity index (χ0) is 19.2. The van der Waals surface area contributed by atoms with Crippen LogP contribution in [0.4, 0.5) is 14.5 Å². The summed E-state index contributed by atoms with van der Waals surface area (Å²) in [7, 11) is 0. The molecule has 0 aromatic heterocycles. The number of amides is 1. The summed E-state index contributed by atoms with van der Waals surface area (Å²) in [5.41, 5.74) is 0.760. The number of alkyl halides is 2. The molecule has 0 bridgehead atoms. The third-order valence-corrected chi connectivity index (χ3v) is 3.80. The van der Waals surface area contributed by atoms with Crippen molar-refractivity contribution in [1.29, 1.82) is 0 Å². The van der Waals surface area contributed by atoms with Crippen molar-refractivity contribution in [2.45, 2.75) is 6.61 Å². The SMILES string of the molecule is O=C(Nc1ccc(OC(F)F)c(Cl)c1)c1ccc(Oc2ccccc2)cc1. The number of halogens is 3. The predicted molar refractivity (Wildman–Crippen MR) is 99.0 cm³/mol. The van der Waals surface area contributed by atoms with Gasteiger partial charge in [-0.15, -0.1) is 0 Å². The average molecular weight is 390 g/mol. The second kappa shape index (κ2) is 8.51. The Kier molecular flexibility index (Phi) is 5.88. The van der Waals surface area contributed by atoms with Gasteiger partial charge in [-0.3, -0.25) is 4.79 Å². The highest BCUT2D eigenvalue weighted by Gasteiger charge is 2.11. The molecule has 0 heterocycles. The standard InChI is InChI=1S/C20H14ClF2NO3/c21-17-12-14(8-11-18(17)27-20(22)23)24-19(25)13-6-9-16(10-7-13)26-15-4-2-1-3-5-15/h1-12,20H,(H,24,25). The van der Waals surface area contributed by atoms with Crippen molar-refractivity contribution >= 4 is 23.2 Å². The van der Waals surface area contributed by atoms with Gasteiger partial charge in [0.1, 0.15) is 17.2 Å². The fourth-order valence-electron chi connectivity index (χ4n) is 2.27. The Hall–Kier alpha value is -3.12. The van der Waals surface area contributed by atoms with Crippen LogP contribution >= 0.6 is 11.6 Å². The Balaban J connectivity index is 1.65. The number of hydrogen-bond acceptors (Lipinski definition) is 3. The van der Waals surface area contributed by atoms with Gasteiger partial charge in [-0.1, -0.05) is 29.8 Å². The van der Waals surface area contributed by atoms with Gasteiger partial charge in [0.2, 0.25) is 0 Å². The molecule has 3 aromatic rings. The minimum atomic E-state index is -2.97. The number of anilines is 1. The first-order valence-electron chi connectivity index (χ1n) is 7.90. The molecule has 0 saturated carbocycles. The van der Waals surface area contributed by atoms with Gasteiger partial charge in [0.15, 0.2) is 0 Å². The number of nitrogens with one attached hydrogen (secondary N) is 1. The van der Waals surface area contributed by atoms with Crippen molar-refractivity contribution in [1.82, 2.24) is 0 Å². The zero-order valence-electron chi connectivity index (χ0n) is 13.9. The molecule has 1 amide bonds. The molecule has 7 heteroatoms. The van der Waals surface area contributed by atoms with Crippen molar-refractivity contribution in [2.75, 3.05) is 5.32 Å². The first-order valence-corrected chi connectivity index (χ1v) is 8.28. The summed E-state index contributed by atoms with van der Waals surface area (Å²) >= 11 is 5.87. The molecular weight excluding hydrogens is 376 g/mol. The molecule has 0 aliphatic heterocycles. The number of hydrogen-bond donors (Lipinski definition) is 1. The van der Waals surface area contributed by atoms with E-state index < -0.39 is 6.61 Å². The Morgan fingerprint density at radius 3 is 2.22 bits per heavy atom. The number of para-hydroxylation sites is 1. The second-order valence-corrected chi connectivity index (χ2v) is 5.82. The summed E-state index contributed by atoms with van der Waals surface area (Å²) in [6.45, 7) is -2.97. The van der Waals surface area contributed by atoms with Crippen LogP contribution in [0.2, 0.25) is 5.02 Å². The second-order valence-electron chi connectivity index (χ2n) is 5.42. The van der Waals surface area contributed by atoms with Crippen molar-refractivity contribution in [3.8, 4) is 17.2 Å². The minimum Gasteiger partial charge on any atom is -0.457 e. The highest BCUT2D eigenvalue weighted by Crippen LogP contribution is 2.29. The Bertz CT molecular complexity index is 918. The lowest BCUT2D eigenvalue weighted by Gasteiger charge is -2.10. The molecule has 3 rings (SSSR count). The summed E-state index contributed by atoms with van der Waals surface area (Å²) in [6, 6.07) is 19.9. The summed E-state index contributed by atoms with van der Waals surface area (Å²) in [4.78, 5) is 12.3. The molecule has 4 nitrogen and oxygen atoms in total. The highest BCUT2D eigenvalue weighted by atomic mass is 35.5. The van der Waals surface area contributed by atoms with Crippen LogP contribution in [0.25, 0.3) is 0 Å². The summed E-state index contributed by atoms with van der Waals surface area (Å²) in [5, 5.41) is 2.61. The Morgan fingerprint density at radius 2 is 1.59 bits per heavy atom. The molecule has 0 radical (unpaired) electrons. The lowest BCUT2D eigenvalue weighted by Crippen LogP contribution is -2.12. The first-order chi connectivity index (χ1) is 13.0. The predicted octanol–water partition coefficient (Wildman–Crippen LogP) is 5.99. The maximum Gasteiger partial charge on any atom is 0.387 e. The lowest BCUT2D eigenvalue weighted by molar-refractivity contribution is -0.0497. The molecule has 0 atom stereocenters. The van der Waals surface area contributed by atoms with Crippen molar-refractivity contribution in [3.05, 3.63) is 83.4 Å². The van der Waals surface area contributed by atoms with Crippen LogP contribution in [0.1, 0.15) is 10.4 Å². The normalized spacial score (nSPS) is 10.5. The molecule has 0 unspecified atom stereocenters. The van der Waals surface area contributed by atoms with E-state index in [0.717, 1.165) is 0 Å². The van der Waals surface area contributed by atoms with E-state index in [4.69, 9.17) is 16.3 Å². The molecular formula is C20H14ClF2NO3. The molecule has 138 valence electrons. The van der Waals surface area contributed by atoms with E-state index in [9.17, 15) is 13.6 Å². The number of carbonyl (C=O) groups excluding carboxylic acids is 1. The number of carbonyl (C=O) groups is 1. The van der Waals surface area contributed by atoms with Gasteiger partial charge in [0.05, 0.1) is 5.02 Å². The number of rotatable bonds is 6. The van der Waals surface area contributed by atoms with Crippen LogP contribution in [0, 0.1) is 0 Å². The Morgan fingerprint density at radius 1 is 0.926 bits per heavy atom. The molecule has 0 aliphatic carbocycles. The molecule has 0 spiro atoms. The van der Waals surface area contributed by atoms with Crippen LogP contribution in [0.5, 0.6) is 17.2 Å². The van der Waals surface area contributed by atoms with Crippen LogP contribution < -0.4 is 14.8 Å². The monoisotopic (exact) mass is 389 g/mol. The van der Waals surface area contributed by atoms with Gasteiger partial charge in [-0.05, 0) is 54.6 Å². The minimum absolute atomic E-state index is 0.0280. The fraction of sp³-hybridized carbons (Fsp3) is 0.0500. The van der Waals surface area contributed by atoms with Gasteiger partial charge in [0, 0.05) is 11.3 Å². The van der Waals surface area contributed by atoms with E-state index in [0.29, 0.717) is 22.7 Å². The molecule has 3 aromatic carbocycles. The van der Waals surface area contributed by atoms with Gasteiger partial charge < -0.3 is 14.8 Å². The Labute approximate surface area is 159 Å². The van der Waals surface area contributed by atoms with Gasteiger partial charge >= 0.3 is 6.61 Å². The summed E-state index contributed by atoms with van der Waals surface area (Å²) in [5.74, 6) is 0.747. The van der Waals surface area contributed by atoms with Gasteiger partial charge in [-0.2, -0.15) is 8.78 Å². The molecule has 0 fully saturated rings. The van der Waals surface area contributed by atoms with Crippen LogP contribution in [-0.4, -0.2) is 12.5 Å². The molecule has 0 aliphatic rings. The number of benzene rings is 3. The quantitative estimate of drug-likeness (QED) is 0.563.